The van der Waals surface area contributed by atoms with Crippen LogP contribution in [0.1, 0.15) is 23.0 Å². The first kappa shape index (κ1) is 17.6. The van der Waals surface area contributed by atoms with Gasteiger partial charge in [0.15, 0.2) is 6.04 Å². The minimum Gasteiger partial charge on any atom is -0.479 e. The van der Waals surface area contributed by atoms with Gasteiger partial charge in [0.05, 0.1) is 11.4 Å². The minimum absolute atomic E-state index is 0.242. The summed E-state index contributed by atoms with van der Waals surface area (Å²) in [7, 11) is 1.35. The Morgan fingerprint density at radius 1 is 1.33 bits per heavy atom. The normalized spacial score (nSPS) is 12.0. The van der Waals surface area contributed by atoms with Crippen molar-refractivity contribution in [3.8, 4) is 5.69 Å². The van der Waals surface area contributed by atoms with Crippen molar-refractivity contribution < 1.29 is 23.8 Å². The number of ether oxygens (including phenoxy) is 1. The summed E-state index contributed by atoms with van der Waals surface area (Å²) in [6, 6.07) is 4.42. The molecule has 128 valence electrons. The van der Waals surface area contributed by atoms with Gasteiger partial charge in [0.1, 0.15) is 12.4 Å². The number of halogens is 1. The molecular formula is C16H18FN3O4. The molecule has 0 saturated carbocycles. The van der Waals surface area contributed by atoms with Gasteiger partial charge in [0.25, 0.3) is 0 Å². The Hall–Kier alpha value is -2.74. The topological polar surface area (TPSA) is 93.4 Å². The van der Waals surface area contributed by atoms with Crippen LogP contribution in [0.3, 0.4) is 0 Å². The second kappa shape index (κ2) is 7.22. The number of carbonyl (C=O) groups is 2. The fraction of sp³-hybridized carbons (Fsp3) is 0.312. The molecule has 2 aromatic rings. The average Bonchev–Trinajstić information content (AvgIpc) is 2.81. The number of carboxylic acid groups (broad SMARTS) is 1. The smallest absolute Gasteiger partial charge is 0.331 e. The fourth-order valence-corrected chi connectivity index (χ4v) is 2.50. The maximum Gasteiger partial charge on any atom is 0.331 e. The van der Waals surface area contributed by atoms with Gasteiger partial charge in [0.2, 0.25) is 5.91 Å². The van der Waals surface area contributed by atoms with E-state index < -0.39 is 17.9 Å². The van der Waals surface area contributed by atoms with Gasteiger partial charge >= 0.3 is 5.97 Å². The van der Waals surface area contributed by atoms with E-state index in [0.29, 0.717) is 22.6 Å². The van der Waals surface area contributed by atoms with Gasteiger partial charge in [-0.15, -0.1) is 0 Å². The molecule has 0 aliphatic heterocycles. The average molecular weight is 335 g/mol. The van der Waals surface area contributed by atoms with Gasteiger partial charge in [-0.1, -0.05) is 0 Å². The zero-order chi connectivity index (χ0) is 17.9. The fourth-order valence-electron chi connectivity index (χ4n) is 2.50. The number of rotatable bonds is 6. The zero-order valence-corrected chi connectivity index (χ0v) is 13.5. The molecule has 1 amide bonds. The number of carboxylic acids is 1. The van der Waals surface area contributed by atoms with Crippen molar-refractivity contribution in [2.75, 3.05) is 13.7 Å². The van der Waals surface area contributed by atoms with Crippen molar-refractivity contribution >= 4 is 11.9 Å². The van der Waals surface area contributed by atoms with Crippen molar-refractivity contribution in [1.82, 2.24) is 15.1 Å². The summed E-state index contributed by atoms with van der Waals surface area (Å²) in [5, 5.41) is 16.2. The number of benzene rings is 1. The highest BCUT2D eigenvalue weighted by molar-refractivity contribution is 5.85. The number of hydrogen-bond acceptors (Lipinski definition) is 4. The molecule has 0 radical (unpaired) electrons. The Morgan fingerprint density at radius 2 is 1.96 bits per heavy atom. The lowest BCUT2D eigenvalue weighted by molar-refractivity contribution is -0.142. The molecule has 8 heteroatoms. The van der Waals surface area contributed by atoms with Crippen LogP contribution in [0, 0.1) is 19.7 Å². The van der Waals surface area contributed by atoms with Crippen molar-refractivity contribution in [2.45, 2.75) is 19.9 Å². The van der Waals surface area contributed by atoms with Gasteiger partial charge in [-0.25, -0.2) is 13.9 Å². The van der Waals surface area contributed by atoms with Crippen molar-refractivity contribution in [2.24, 2.45) is 0 Å². The molecule has 24 heavy (non-hydrogen) atoms. The summed E-state index contributed by atoms with van der Waals surface area (Å²) in [6.07, 6.45) is 0. The maximum atomic E-state index is 13.1. The van der Waals surface area contributed by atoms with E-state index >= 15 is 0 Å². The number of nitrogens with zero attached hydrogens (tertiary/aromatic N) is 2. The molecule has 0 unspecified atom stereocenters. The van der Waals surface area contributed by atoms with Crippen molar-refractivity contribution in [3.63, 3.8) is 0 Å². The van der Waals surface area contributed by atoms with Crippen molar-refractivity contribution in [1.29, 1.82) is 0 Å². The molecule has 1 aromatic heterocycles. The first-order chi connectivity index (χ1) is 11.3. The number of aromatic nitrogens is 2. The molecule has 1 atom stereocenters. The van der Waals surface area contributed by atoms with E-state index in [-0.39, 0.29) is 12.4 Å². The van der Waals surface area contributed by atoms with E-state index in [1.165, 1.54) is 36.1 Å². The van der Waals surface area contributed by atoms with E-state index in [0.717, 1.165) is 0 Å². The molecule has 0 aliphatic rings. The van der Waals surface area contributed by atoms with Crippen LogP contribution in [0.2, 0.25) is 0 Å². The van der Waals surface area contributed by atoms with Crippen molar-refractivity contribution in [3.05, 3.63) is 47.0 Å². The SMILES string of the molecule is COCC(=O)N[C@H](C(=O)O)c1c(C)nn(-c2ccc(F)cc2)c1C. The number of amides is 1. The van der Waals surface area contributed by atoms with Gasteiger partial charge < -0.3 is 15.2 Å². The van der Waals surface area contributed by atoms with Gasteiger partial charge in [-0.3, -0.25) is 4.79 Å². The third-order valence-corrected chi connectivity index (χ3v) is 3.53. The number of aryl methyl sites for hydroxylation is 1. The first-order valence-electron chi connectivity index (χ1n) is 7.18. The highest BCUT2D eigenvalue weighted by Gasteiger charge is 2.28. The van der Waals surface area contributed by atoms with Gasteiger partial charge in [0, 0.05) is 18.4 Å². The largest absolute Gasteiger partial charge is 0.479 e. The quantitative estimate of drug-likeness (QED) is 0.835. The molecule has 2 N–H and O–H groups in total. The second-order valence-corrected chi connectivity index (χ2v) is 5.24. The van der Waals surface area contributed by atoms with Gasteiger partial charge in [-0.2, -0.15) is 5.10 Å². The predicted octanol–water partition coefficient (Wildman–Crippen LogP) is 1.52. The zero-order valence-electron chi connectivity index (χ0n) is 13.5. The molecule has 0 spiro atoms. The van der Waals surface area contributed by atoms with E-state index in [9.17, 15) is 19.1 Å². The number of aliphatic carboxylic acids is 1. The number of hydrogen-bond donors (Lipinski definition) is 2. The lowest BCUT2D eigenvalue weighted by Crippen LogP contribution is -2.36. The Kier molecular flexibility index (Phi) is 5.30. The molecule has 0 bridgehead atoms. The van der Waals surface area contributed by atoms with Crippen LogP contribution in [0.15, 0.2) is 24.3 Å². The molecule has 1 heterocycles. The van der Waals surface area contributed by atoms with Crippen LogP contribution < -0.4 is 5.32 Å². The third kappa shape index (κ3) is 3.60. The highest BCUT2D eigenvalue weighted by atomic mass is 19.1. The van der Waals surface area contributed by atoms with E-state index in [1.54, 1.807) is 13.8 Å². The Labute approximate surface area is 138 Å². The summed E-state index contributed by atoms with van der Waals surface area (Å²) in [4.78, 5) is 23.3. The molecule has 0 fully saturated rings. The molecular weight excluding hydrogens is 317 g/mol. The van der Waals surface area contributed by atoms with Crippen LogP contribution in [0.5, 0.6) is 0 Å². The van der Waals surface area contributed by atoms with Crippen LogP contribution >= 0.6 is 0 Å². The van der Waals surface area contributed by atoms with E-state index in [2.05, 4.69) is 10.4 Å². The molecule has 7 nitrogen and oxygen atoms in total. The molecule has 2 rings (SSSR count). The second-order valence-electron chi connectivity index (χ2n) is 5.24. The molecule has 0 aliphatic carbocycles. The van der Waals surface area contributed by atoms with E-state index in [1.807, 2.05) is 0 Å². The van der Waals surface area contributed by atoms with E-state index in [4.69, 9.17) is 4.74 Å². The van der Waals surface area contributed by atoms with Crippen LogP contribution in [-0.4, -0.2) is 40.5 Å². The number of methoxy groups -OCH3 is 1. The lowest BCUT2D eigenvalue weighted by atomic mass is 10.0. The lowest BCUT2D eigenvalue weighted by Gasteiger charge is -2.15. The standard InChI is InChI=1S/C16H18FN3O4/c1-9-14(15(16(22)23)18-13(21)8-24-3)10(2)20(19-9)12-6-4-11(17)5-7-12/h4-7,15H,8H2,1-3H3,(H,18,21)(H,22,23)/t15-/m0/s1. The third-order valence-electron chi connectivity index (χ3n) is 3.53. The Morgan fingerprint density at radius 3 is 2.50 bits per heavy atom. The predicted molar refractivity (Wildman–Crippen MR) is 83.4 cm³/mol. The number of carbonyl (C=O) groups excluding carboxylic acids is 1. The molecule has 1 aromatic carbocycles. The van der Waals surface area contributed by atoms with Crippen LogP contribution in [-0.2, 0) is 14.3 Å². The monoisotopic (exact) mass is 335 g/mol. The maximum absolute atomic E-state index is 13.1. The highest BCUT2D eigenvalue weighted by Crippen LogP contribution is 2.24. The number of nitrogens with one attached hydrogen (secondary N) is 1. The minimum atomic E-state index is -1.25. The summed E-state index contributed by atoms with van der Waals surface area (Å²) >= 11 is 0. The van der Waals surface area contributed by atoms with Crippen LogP contribution in [0.4, 0.5) is 4.39 Å². The van der Waals surface area contributed by atoms with Crippen LogP contribution in [0.25, 0.3) is 5.69 Å². The molecule has 0 saturated heterocycles. The summed E-state index contributed by atoms with van der Waals surface area (Å²) in [5.41, 5.74) is 1.98. The summed E-state index contributed by atoms with van der Waals surface area (Å²) in [6.45, 7) is 3.10. The Bertz CT molecular complexity index is 755. The Balaban J connectivity index is 2.43. The summed E-state index contributed by atoms with van der Waals surface area (Å²) < 4.78 is 19.3. The van der Waals surface area contributed by atoms with Gasteiger partial charge in [-0.05, 0) is 38.1 Å². The first-order valence-corrected chi connectivity index (χ1v) is 7.18. The summed E-state index contributed by atoms with van der Waals surface area (Å²) in [5.74, 6) is -2.13.